The van der Waals surface area contributed by atoms with Crippen molar-refractivity contribution in [3.63, 3.8) is 0 Å². The molecule has 0 unspecified atom stereocenters. The number of para-hydroxylation sites is 1. The normalized spacial score (nSPS) is 16.6. The summed E-state index contributed by atoms with van der Waals surface area (Å²) in [7, 11) is 2.17. The fourth-order valence-electron chi connectivity index (χ4n) is 2.43. The van der Waals surface area contributed by atoms with Gasteiger partial charge in [-0.15, -0.1) is 0 Å². The van der Waals surface area contributed by atoms with Gasteiger partial charge in [0.05, 0.1) is 12.8 Å². The zero-order valence-corrected chi connectivity index (χ0v) is 14.4. The molecule has 0 bridgehead atoms. The van der Waals surface area contributed by atoms with Gasteiger partial charge in [-0.05, 0) is 37.8 Å². The van der Waals surface area contributed by atoms with Gasteiger partial charge in [0.1, 0.15) is 5.75 Å². The Morgan fingerprint density at radius 3 is 2.83 bits per heavy atom. The van der Waals surface area contributed by atoms with Crippen LogP contribution in [0.2, 0.25) is 0 Å². The summed E-state index contributed by atoms with van der Waals surface area (Å²) in [6.45, 7) is 6.36. The van der Waals surface area contributed by atoms with Gasteiger partial charge in [0, 0.05) is 38.3 Å². The molecule has 1 fully saturated rings. The molecule has 126 valence electrons. The number of hydrazone groups is 1. The molecule has 0 saturated carbocycles. The van der Waals surface area contributed by atoms with Gasteiger partial charge in [-0.3, -0.25) is 5.43 Å². The lowest BCUT2D eigenvalue weighted by Gasteiger charge is -2.32. The van der Waals surface area contributed by atoms with Crippen LogP contribution in [0.15, 0.2) is 29.4 Å². The van der Waals surface area contributed by atoms with E-state index in [2.05, 4.69) is 27.4 Å². The Balaban J connectivity index is 1.74. The van der Waals surface area contributed by atoms with Crippen molar-refractivity contribution >= 4 is 23.5 Å². The molecule has 1 heterocycles. The second-order valence-electron chi connectivity index (χ2n) is 5.62. The van der Waals surface area contributed by atoms with Crippen LogP contribution in [0.3, 0.4) is 0 Å². The Morgan fingerprint density at radius 2 is 2.09 bits per heavy atom. The Kier molecular flexibility index (Phi) is 7.25. The molecule has 1 aliphatic heterocycles. The van der Waals surface area contributed by atoms with Crippen molar-refractivity contribution in [1.29, 1.82) is 0 Å². The fraction of sp³-hybridized carbons (Fsp3) is 0.500. The van der Waals surface area contributed by atoms with Crippen LogP contribution in [0.5, 0.6) is 5.75 Å². The molecule has 1 aromatic rings. The van der Waals surface area contributed by atoms with E-state index >= 15 is 0 Å². The average molecular weight is 335 g/mol. The number of nitrogens with zero attached hydrogens (tertiary/aromatic N) is 3. The quantitative estimate of drug-likeness (QED) is 0.334. The minimum Gasteiger partial charge on any atom is -0.493 e. The molecule has 0 aromatic heterocycles. The van der Waals surface area contributed by atoms with Gasteiger partial charge in [-0.2, -0.15) is 5.10 Å². The van der Waals surface area contributed by atoms with Crippen LogP contribution in [-0.4, -0.2) is 67.5 Å². The summed E-state index contributed by atoms with van der Waals surface area (Å²) in [5.74, 6) is 0.819. The smallest absolute Gasteiger partial charge is 0.184 e. The molecule has 0 aliphatic carbocycles. The highest BCUT2D eigenvalue weighted by molar-refractivity contribution is 7.80. The summed E-state index contributed by atoms with van der Waals surface area (Å²) < 4.78 is 5.89. The first-order chi connectivity index (χ1) is 11.1. The topological polar surface area (TPSA) is 66.1 Å². The van der Waals surface area contributed by atoms with E-state index < -0.39 is 0 Å². The van der Waals surface area contributed by atoms with Crippen molar-refractivity contribution in [2.75, 3.05) is 46.4 Å². The summed E-state index contributed by atoms with van der Waals surface area (Å²) in [4.78, 5) is 4.85. The third-order valence-corrected chi connectivity index (χ3v) is 3.86. The Labute approximate surface area is 143 Å². The lowest BCUT2D eigenvalue weighted by molar-refractivity contribution is 0.145. The fourth-order valence-corrected chi connectivity index (χ4v) is 2.48. The van der Waals surface area contributed by atoms with Crippen LogP contribution < -0.4 is 15.9 Å². The van der Waals surface area contributed by atoms with Gasteiger partial charge in [-0.1, -0.05) is 12.1 Å². The predicted octanol–water partition coefficient (Wildman–Crippen LogP) is 0.870. The maximum atomic E-state index is 5.89. The highest BCUT2D eigenvalue weighted by Crippen LogP contribution is 2.16. The molecule has 23 heavy (non-hydrogen) atoms. The van der Waals surface area contributed by atoms with E-state index in [9.17, 15) is 0 Å². The highest BCUT2D eigenvalue weighted by Gasteiger charge is 2.12. The molecule has 7 heteroatoms. The Hall–Kier alpha value is -1.70. The van der Waals surface area contributed by atoms with Crippen LogP contribution in [0.25, 0.3) is 0 Å². The van der Waals surface area contributed by atoms with Gasteiger partial charge in [0.15, 0.2) is 5.11 Å². The van der Waals surface area contributed by atoms with E-state index in [-0.39, 0.29) is 5.11 Å². The maximum absolute atomic E-state index is 5.89. The molecular weight excluding hydrogens is 310 g/mol. The van der Waals surface area contributed by atoms with Crippen molar-refractivity contribution < 1.29 is 4.74 Å². The number of ether oxygens (including phenoxy) is 1. The third-order valence-electron chi connectivity index (χ3n) is 3.77. The Bertz CT molecular complexity index is 529. The molecule has 1 aromatic carbocycles. The lowest BCUT2D eigenvalue weighted by atomic mass is 10.2. The minimum absolute atomic E-state index is 0.145. The van der Waals surface area contributed by atoms with Crippen molar-refractivity contribution in [2.24, 2.45) is 10.8 Å². The van der Waals surface area contributed by atoms with E-state index in [4.69, 9.17) is 22.7 Å². The number of nitrogens with one attached hydrogen (secondary N) is 1. The molecule has 1 saturated heterocycles. The van der Waals surface area contributed by atoms with E-state index in [0.29, 0.717) is 6.61 Å². The third kappa shape index (κ3) is 6.52. The molecular formula is C16H25N5OS. The molecule has 3 N–H and O–H groups in total. The standard InChI is InChI=1S/C16H25N5OS/c1-20-8-10-21(11-9-20)7-4-12-22-15-6-3-2-5-14(15)13-18-19-16(17)23/h2-3,5-6,13H,4,7-12H2,1H3,(H3,17,19,23). The van der Waals surface area contributed by atoms with E-state index in [0.717, 1.165) is 50.5 Å². The van der Waals surface area contributed by atoms with Gasteiger partial charge in [0.25, 0.3) is 0 Å². The molecule has 6 nitrogen and oxygen atoms in total. The predicted molar refractivity (Wildman–Crippen MR) is 98.0 cm³/mol. The molecule has 0 spiro atoms. The number of piperazine rings is 1. The SMILES string of the molecule is CN1CCN(CCCOc2ccccc2C=NNC(N)=S)CC1. The number of rotatable bonds is 7. The van der Waals surface area contributed by atoms with E-state index in [1.165, 1.54) is 0 Å². The van der Waals surface area contributed by atoms with Crippen LogP contribution in [0, 0.1) is 0 Å². The summed E-state index contributed by atoms with van der Waals surface area (Å²) in [5, 5.41) is 4.12. The van der Waals surface area contributed by atoms with E-state index in [1.807, 2.05) is 24.3 Å². The second-order valence-corrected chi connectivity index (χ2v) is 6.06. The van der Waals surface area contributed by atoms with Crippen molar-refractivity contribution in [3.05, 3.63) is 29.8 Å². The van der Waals surface area contributed by atoms with Crippen molar-refractivity contribution in [1.82, 2.24) is 15.2 Å². The highest BCUT2D eigenvalue weighted by atomic mass is 32.1. The zero-order chi connectivity index (χ0) is 16.5. The van der Waals surface area contributed by atoms with Crippen LogP contribution in [-0.2, 0) is 0 Å². The van der Waals surface area contributed by atoms with Crippen molar-refractivity contribution in [2.45, 2.75) is 6.42 Å². The largest absolute Gasteiger partial charge is 0.493 e. The van der Waals surface area contributed by atoms with Crippen LogP contribution in [0.4, 0.5) is 0 Å². The van der Waals surface area contributed by atoms with Crippen LogP contribution in [0.1, 0.15) is 12.0 Å². The van der Waals surface area contributed by atoms with Gasteiger partial charge in [-0.25, -0.2) is 0 Å². The first-order valence-corrected chi connectivity index (χ1v) is 8.27. The Morgan fingerprint density at radius 1 is 1.35 bits per heavy atom. The first-order valence-electron chi connectivity index (χ1n) is 7.86. The lowest BCUT2D eigenvalue weighted by Crippen LogP contribution is -2.44. The number of benzene rings is 1. The summed E-state index contributed by atoms with van der Waals surface area (Å²) in [6, 6.07) is 7.78. The van der Waals surface area contributed by atoms with E-state index in [1.54, 1.807) is 6.21 Å². The molecule has 2 rings (SSSR count). The number of nitrogens with two attached hydrogens (primary N) is 1. The first kappa shape index (κ1) is 17.7. The minimum atomic E-state index is 0.145. The number of hydrogen-bond acceptors (Lipinski definition) is 5. The van der Waals surface area contributed by atoms with Crippen LogP contribution >= 0.6 is 12.2 Å². The molecule has 0 radical (unpaired) electrons. The maximum Gasteiger partial charge on any atom is 0.184 e. The summed E-state index contributed by atoms with van der Waals surface area (Å²) in [6.07, 6.45) is 2.68. The number of likely N-dealkylation sites (N-methyl/N-ethyl adjacent to an activating group) is 1. The zero-order valence-electron chi connectivity index (χ0n) is 13.6. The second kappa shape index (κ2) is 9.44. The van der Waals surface area contributed by atoms with Gasteiger partial charge < -0.3 is 20.3 Å². The summed E-state index contributed by atoms with van der Waals surface area (Å²) >= 11 is 4.71. The molecule has 0 amide bonds. The number of thiocarbonyl (C=S) groups is 1. The average Bonchev–Trinajstić information content (AvgIpc) is 2.54. The monoisotopic (exact) mass is 335 g/mol. The van der Waals surface area contributed by atoms with Gasteiger partial charge >= 0.3 is 0 Å². The van der Waals surface area contributed by atoms with Crippen molar-refractivity contribution in [3.8, 4) is 5.75 Å². The summed E-state index contributed by atoms with van der Waals surface area (Å²) in [5.41, 5.74) is 8.79. The molecule has 0 atom stereocenters. The molecule has 1 aliphatic rings. The number of hydrogen-bond donors (Lipinski definition) is 2. The van der Waals surface area contributed by atoms with Gasteiger partial charge in [0.2, 0.25) is 0 Å².